The molecule has 3 heterocycles. The Morgan fingerprint density at radius 3 is 2.51 bits per heavy atom. The van der Waals surface area contributed by atoms with E-state index in [2.05, 4.69) is 39.9 Å². The van der Waals surface area contributed by atoms with Crippen LogP contribution in [0.25, 0.3) is 5.69 Å². The second-order valence-electron chi connectivity index (χ2n) is 8.05. The van der Waals surface area contributed by atoms with Gasteiger partial charge in [-0.3, -0.25) is 4.57 Å². The van der Waals surface area contributed by atoms with Crippen LogP contribution in [0.5, 0.6) is 5.75 Å². The number of nitrogens with zero attached hydrogens (tertiary/aromatic N) is 7. The average molecular weight is 490 g/mol. The Hall–Kier alpha value is -3.86. The number of piperidine rings is 1. The molecule has 2 aromatic carbocycles. The lowest BCUT2D eigenvalue weighted by atomic mass is 10.1. The van der Waals surface area contributed by atoms with E-state index in [9.17, 15) is 0 Å². The number of thioether (sulfide) groups is 1. The number of benzene rings is 2. The maximum atomic E-state index is 5.97. The summed E-state index contributed by atoms with van der Waals surface area (Å²) in [4.78, 5) is 15.4. The Balaban J connectivity index is 1.43. The molecule has 4 aromatic rings. The lowest BCUT2D eigenvalue weighted by molar-refractivity contribution is 0.412. The number of methoxy groups -OCH3 is 1. The number of hydrogen-bond acceptors (Lipinski definition) is 10. The first-order valence-electron chi connectivity index (χ1n) is 11.5. The van der Waals surface area contributed by atoms with Crippen molar-refractivity contribution < 1.29 is 4.74 Å². The second kappa shape index (κ2) is 10.6. The molecule has 3 N–H and O–H groups in total. The van der Waals surface area contributed by atoms with E-state index in [1.54, 1.807) is 7.11 Å². The first-order valence-corrected chi connectivity index (χ1v) is 12.5. The highest BCUT2D eigenvalue weighted by Gasteiger charge is 2.23. The quantitative estimate of drug-likeness (QED) is 0.350. The van der Waals surface area contributed by atoms with Crippen molar-refractivity contribution in [3.05, 3.63) is 60.4 Å². The van der Waals surface area contributed by atoms with E-state index in [0.29, 0.717) is 17.5 Å². The van der Waals surface area contributed by atoms with Crippen molar-refractivity contribution in [2.24, 2.45) is 0 Å². The third-order valence-electron chi connectivity index (χ3n) is 5.64. The highest BCUT2D eigenvalue weighted by molar-refractivity contribution is 7.98. The molecule has 11 heteroatoms. The van der Waals surface area contributed by atoms with E-state index in [1.165, 1.54) is 18.2 Å². The predicted octanol–water partition coefficient (Wildman–Crippen LogP) is 4.07. The van der Waals surface area contributed by atoms with Crippen molar-refractivity contribution in [1.82, 2.24) is 29.7 Å². The lowest BCUT2D eigenvalue weighted by Crippen LogP contribution is -2.31. The lowest BCUT2D eigenvalue weighted by Gasteiger charge is -2.28. The summed E-state index contributed by atoms with van der Waals surface area (Å²) >= 11 is 1.49. The third kappa shape index (κ3) is 5.29. The molecule has 0 radical (unpaired) electrons. The largest absolute Gasteiger partial charge is 0.495 e. The molecule has 2 aromatic heterocycles. The topological polar surface area (TPSA) is 120 Å². The first kappa shape index (κ1) is 22.9. The molecule has 180 valence electrons. The zero-order valence-corrected chi connectivity index (χ0v) is 20.3. The number of hydrogen-bond donors (Lipinski definition) is 2. The normalized spacial score (nSPS) is 13.6. The molecule has 0 bridgehead atoms. The van der Waals surface area contributed by atoms with E-state index in [-0.39, 0.29) is 5.95 Å². The van der Waals surface area contributed by atoms with Gasteiger partial charge in [-0.1, -0.05) is 42.1 Å². The molecule has 0 spiro atoms. The van der Waals surface area contributed by atoms with Crippen LogP contribution < -0.4 is 20.7 Å². The predicted molar refractivity (Wildman–Crippen MR) is 138 cm³/mol. The van der Waals surface area contributed by atoms with Crippen molar-refractivity contribution in [2.45, 2.75) is 30.2 Å². The minimum Gasteiger partial charge on any atom is -0.495 e. The van der Waals surface area contributed by atoms with Crippen molar-refractivity contribution in [1.29, 1.82) is 0 Å². The molecule has 10 nitrogen and oxygen atoms in total. The van der Waals surface area contributed by atoms with Gasteiger partial charge in [-0.15, -0.1) is 10.2 Å². The summed E-state index contributed by atoms with van der Waals surface area (Å²) in [5.74, 6) is 3.14. The molecule has 1 fully saturated rings. The van der Waals surface area contributed by atoms with Gasteiger partial charge in [0.1, 0.15) is 11.6 Å². The van der Waals surface area contributed by atoms with Crippen molar-refractivity contribution >= 4 is 35.3 Å². The van der Waals surface area contributed by atoms with Crippen molar-refractivity contribution in [3.8, 4) is 11.4 Å². The molecule has 5 rings (SSSR count). The summed E-state index contributed by atoms with van der Waals surface area (Å²) in [6, 6.07) is 17.6. The first-order chi connectivity index (χ1) is 17.2. The number of nitrogens with one attached hydrogen (secondary N) is 1. The molecule has 0 aliphatic carbocycles. The summed E-state index contributed by atoms with van der Waals surface area (Å²) in [5.41, 5.74) is 7.74. The molecule has 35 heavy (non-hydrogen) atoms. The summed E-state index contributed by atoms with van der Waals surface area (Å²) in [6.45, 7) is 1.91. The molecule has 0 amide bonds. The van der Waals surface area contributed by atoms with Gasteiger partial charge in [-0.2, -0.15) is 15.0 Å². The second-order valence-corrected chi connectivity index (χ2v) is 8.99. The third-order valence-corrected chi connectivity index (χ3v) is 6.57. The Labute approximate surface area is 208 Å². The van der Waals surface area contributed by atoms with Crippen LogP contribution in [0.4, 0.5) is 23.5 Å². The van der Waals surface area contributed by atoms with Crippen LogP contribution in [-0.4, -0.2) is 49.9 Å². The van der Waals surface area contributed by atoms with Gasteiger partial charge in [0.15, 0.2) is 5.16 Å². The number of nitrogen functional groups attached to an aromatic ring is 1. The highest BCUT2D eigenvalue weighted by atomic mass is 32.2. The smallest absolute Gasteiger partial charge is 0.232 e. The van der Waals surface area contributed by atoms with E-state index in [1.807, 2.05) is 54.6 Å². The van der Waals surface area contributed by atoms with Crippen LogP contribution in [0.15, 0.2) is 59.8 Å². The highest BCUT2D eigenvalue weighted by Crippen LogP contribution is 2.33. The number of para-hydroxylation sites is 3. The molecule has 0 unspecified atom stereocenters. The summed E-state index contributed by atoms with van der Waals surface area (Å²) in [6.07, 6.45) is 3.52. The minimum atomic E-state index is 0.161. The average Bonchev–Trinajstić information content (AvgIpc) is 3.32. The SMILES string of the molecule is COc1ccccc1-n1c(SCc2nc(N)nc(Nc3ccccc3)n2)nnc1N1CCCCC1. The maximum Gasteiger partial charge on any atom is 0.232 e. The maximum absolute atomic E-state index is 5.97. The molecular formula is C24H27N9OS. The van der Waals surface area contributed by atoms with Gasteiger partial charge < -0.3 is 20.7 Å². The fourth-order valence-electron chi connectivity index (χ4n) is 4.02. The minimum absolute atomic E-state index is 0.161. The van der Waals surface area contributed by atoms with E-state index < -0.39 is 0 Å². The van der Waals surface area contributed by atoms with Crippen molar-refractivity contribution in [3.63, 3.8) is 0 Å². The molecule has 1 aliphatic rings. The Morgan fingerprint density at radius 1 is 0.943 bits per heavy atom. The number of aromatic nitrogens is 6. The van der Waals surface area contributed by atoms with E-state index in [0.717, 1.165) is 54.2 Å². The molecule has 1 aliphatic heterocycles. The van der Waals surface area contributed by atoms with E-state index >= 15 is 0 Å². The van der Waals surface area contributed by atoms with Crippen LogP contribution in [0, 0.1) is 0 Å². The van der Waals surface area contributed by atoms with Gasteiger partial charge in [-0.25, -0.2) is 0 Å². The van der Waals surface area contributed by atoms with E-state index in [4.69, 9.17) is 10.5 Å². The van der Waals surface area contributed by atoms with Gasteiger partial charge in [0.2, 0.25) is 17.8 Å². The zero-order valence-electron chi connectivity index (χ0n) is 19.5. The fraction of sp³-hybridized carbons (Fsp3) is 0.292. The van der Waals surface area contributed by atoms with Crippen LogP contribution >= 0.6 is 11.8 Å². The molecule has 0 saturated carbocycles. The molecular weight excluding hydrogens is 462 g/mol. The van der Waals surface area contributed by atoms with Gasteiger partial charge in [-0.05, 0) is 43.5 Å². The number of ether oxygens (including phenoxy) is 1. The van der Waals surface area contributed by atoms with Gasteiger partial charge in [0, 0.05) is 18.8 Å². The monoisotopic (exact) mass is 489 g/mol. The summed E-state index contributed by atoms with van der Waals surface area (Å²) < 4.78 is 7.71. The number of rotatable bonds is 8. The molecule has 0 atom stereocenters. The van der Waals surface area contributed by atoms with Crippen molar-refractivity contribution in [2.75, 3.05) is 36.1 Å². The Bertz CT molecular complexity index is 1280. The fourth-order valence-corrected chi connectivity index (χ4v) is 4.81. The van der Waals surface area contributed by atoms with Crippen LogP contribution in [0.1, 0.15) is 25.1 Å². The summed E-state index contributed by atoms with van der Waals surface area (Å²) in [7, 11) is 1.67. The Morgan fingerprint density at radius 2 is 1.71 bits per heavy atom. The van der Waals surface area contributed by atoms with Crippen LogP contribution in [0.3, 0.4) is 0 Å². The van der Waals surface area contributed by atoms with Crippen LogP contribution in [0.2, 0.25) is 0 Å². The van der Waals surface area contributed by atoms with Gasteiger partial charge in [0.05, 0.1) is 18.6 Å². The van der Waals surface area contributed by atoms with Crippen LogP contribution in [-0.2, 0) is 5.75 Å². The van der Waals surface area contributed by atoms with Gasteiger partial charge >= 0.3 is 0 Å². The number of nitrogens with two attached hydrogens (primary N) is 1. The number of anilines is 4. The standard InChI is InChI=1S/C24H27N9OS/c1-34-19-13-7-6-12-18(19)33-23(32-14-8-3-9-15-32)30-31-24(33)35-16-20-27-21(25)29-22(28-20)26-17-10-4-2-5-11-17/h2,4-7,10-13H,3,8-9,14-16H2,1H3,(H3,25,26,27,28,29). The zero-order chi connectivity index (χ0) is 24.0. The van der Waals surface area contributed by atoms with Gasteiger partial charge in [0.25, 0.3) is 0 Å². The summed E-state index contributed by atoms with van der Waals surface area (Å²) in [5, 5.41) is 13.0. The Kier molecular flexibility index (Phi) is 6.94. The molecule has 1 saturated heterocycles.